The maximum absolute atomic E-state index is 5.43. The Kier molecular flexibility index (Phi) is 4.70. The van der Waals surface area contributed by atoms with Crippen molar-refractivity contribution in [2.45, 2.75) is 57.4 Å². The summed E-state index contributed by atoms with van der Waals surface area (Å²) in [7, 11) is 1.72. The van der Waals surface area contributed by atoms with Crippen LogP contribution >= 0.6 is 0 Å². The van der Waals surface area contributed by atoms with Crippen LogP contribution in [0.1, 0.15) is 51.4 Å². The molecule has 0 heterocycles. The van der Waals surface area contributed by atoms with Gasteiger partial charge in [-0.3, -0.25) is 0 Å². The minimum atomic E-state index is -0.193. The van der Waals surface area contributed by atoms with Crippen LogP contribution in [-0.4, -0.2) is 16.9 Å². The van der Waals surface area contributed by atoms with E-state index < -0.39 is 0 Å². The number of hydrogen-bond donors (Lipinski definition) is 0. The minimum absolute atomic E-state index is 0.193. The van der Waals surface area contributed by atoms with Crippen LogP contribution in [0.15, 0.2) is 0 Å². The Morgan fingerprint density at radius 1 is 1.00 bits per heavy atom. The second-order valence-electron chi connectivity index (χ2n) is 5.53. The van der Waals surface area contributed by atoms with Crippen molar-refractivity contribution in [1.82, 2.24) is 0 Å². The standard InChI is InChI=1S/C13H26OSi/c1-14-15-10-13(11-6-2-3-7-11)12-8-4-5-9-12/h11-13H,2-10,15H2,1H3. The molecule has 2 heteroatoms. The fraction of sp³-hybridized carbons (Fsp3) is 1.00. The first-order valence-corrected chi connectivity index (χ1v) is 8.48. The van der Waals surface area contributed by atoms with Gasteiger partial charge in [-0.15, -0.1) is 0 Å². The molecule has 0 aromatic rings. The van der Waals surface area contributed by atoms with Gasteiger partial charge in [-0.25, -0.2) is 0 Å². The SMILES string of the molecule is CO[SiH2]CC(C1CCCC1)C1CCCC1. The van der Waals surface area contributed by atoms with Gasteiger partial charge in [-0.2, -0.15) is 0 Å². The van der Waals surface area contributed by atoms with Crippen LogP contribution in [0.4, 0.5) is 0 Å². The van der Waals surface area contributed by atoms with Crippen molar-refractivity contribution < 1.29 is 4.43 Å². The first kappa shape index (κ1) is 11.7. The first-order valence-electron chi connectivity index (χ1n) is 6.90. The zero-order chi connectivity index (χ0) is 10.5. The Bertz CT molecular complexity index is 155. The molecule has 0 unspecified atom stereocenters. The van der Waals surface area contributed by atoms with Crippen LogP contribution < -0.4 is 0 Å². The lowest BCUT2D eigenvalue weighted by Gasteiger charge is -2.28. The highest BCUT2D eigenvalue weighted by Crippen LogP contribution is 2.43. The van der Waals surface area contributed by atoms with Crippen LogP contribution in [0.3, 0.4) is 0 Å². The average molecular weight is 226 g/mol. The normalized spacial score (nSPS) is 25.2. The molecule has 0 aromatic heterocycles. The van der Waals surface area contributed by atoms with E-state index in [4.69, 9.17) is 4.43 Å². The van der Waals surface area contributed by atoms with Gasteiger partial charge < -0.3 is 4.43 Å². The Morgan fingerprint density at radius 2 is 1.47 bits per heavy atom. The molecule has 0 N–H and O–H groups in total. The fourth-order valence-electron chi connectivity index (χ4n) is 3.88. The second-order valence-corrected chi connectivity index (χ2v) is 7.10. The quantitative estimate of drug-likeness (QED) is 0.655. The zero-order valence-electron chi connectivity index (χ0n) is 10.2. The highest BCUT2D eigenvalue weighted by Gasteiger charge is 2.32. The number of rotatable bonds is 5. The molecule has 2 rings (SSSR count). The van der Waals surface area contributed by atoms with Gasteiger partial charge in [-0.05, 0) is 23.8 Å². The van der Waals surface area contributed by atoms with Gasteiger partial charge >= 0.3 is 0 Å². The monoisotopic (exact) mass is 226 g/mol. The lowest BCUT2D eigenvalue weighted by molar-refractivity contribution is 0.246. The molecular formula is C13H26OSi. The van der Waals surface area contributed by atoms with Crippen molar-refractivity contribution in [1.29, 1.82) is 0 Å². The molecule has 15 heavy (non-hydrogen) atoms. The van der Waals surface area contributed by atoms with Crippen LogP contribution in [-0.2, 0) is 4.43 Å². The molecule has 2 fully saturated rings. The summed E-state index contributed by atoms with van der Waals surface area (Å²) in [6, 6.07) is 1.46. The van der Waals surface area contributed by atoms with E-state index in [1.54, 1.807) is 0 Å². The lowest BCUT2D eigenvalue weighted by Crippen LogP contribution is -2.22. The van der Waals surface area contributed by atoms with Gasteiger partial charge in [0.2, 0.25) is 0 Å². The third kappa shape index (κ3) is 3.07. The molecule has 2 aliphatic carbocycles. The Labute approximate surface area is 96.9 Å². The summed E-state index contributed by atoms with van der Waals surface area (Å²) in [6.45, 7) is 0. The lowest BCUT2D eigenvalue weighted by atomic mass is 9.81. The van der Waals surface area contributed by atoms with E-state index >= 15 is 0 Å². The predicted octanol–water partition coefficient (Wildman–Crippen LogP) is 3.13. The average Bonchev–Trinajstić information content (AvgIpc) is 2.90. The summed E-state index contributed by atoms with van der Waals surface area (Å²) in [6.07, 6.45) is 12.1. The van der Waals surface area contributed by atoms with E-state index in [1.807, 2.05) is 7.11 Å². The van der Waals surface area contributed by atoms with E-state index in [1.165, 1.54) is 57.4 Å². The molecule has 0 saturated heterocycles. The Hall–Kier alpha value is 0.177. The zero-order valence-corrected chi connectivity index (χ0v) is 11.6. The van der Waals surface area contributed by atoms with Crippen LogP contribution in [0.25, 0.3) is 0 Å². The van der Waals surface area contributed by atoms with Crippen molar-refractivity contribution in [2.24, 2.45) is 17.8 Å². The third-order valence-electron chi connectivity index (χ3n) is 4.67. The van der Waals surface area contributed by atoms with Crippen molar-refractivity contribution >= 4 is 9.76 Å². The van der Waals surface area contributed by atoms with Gasteiger partial charge in [0.1, 0.15) is 0 Å². The Morgan fingerprint density at radius 3 is 1.87 bits per heavy atom. The summed E-state index contributed by atoms with van der Waals surface area (Å²) < 4.78 is 5.43. The topological polar surface area (TPSA) is 9.23 Å². The van der Waals surface area contributed by atoms with Crippen molar-refractivity contribution in [3.63, 3.8) is 0 Å². The second kappa shape index (κ2) is 6.05. The molecule has 88 valence electrons. The van der Waals surface area contributed by atoms with Gasteiger partial charge in [0, 0.05) is 7.11 Å². The molecule has 2 saturated carbocycles. The molecule has 0 atom stereocenters. The van der Waals surface area contributed by atoms with Crippen LogP contribution in [0, 0.1) is 17.8 Å². The van der Waals surface area contributed by atoms with Crippen molar-refractivity contribution in [3.8, 4) is 0 Å². The van der Waals surface area contributed by atoms with Gasteiger partial charge in [0.05, 0.1) is 0 Å². The fourth-order valence-corrected chi connectivity index (χ4v) is 5.33. The maximum Gasteiger partial charge on any atom is 0.161 e. The van der Waals surface area contributed by atoms with E-state index in [0.29, 0.717) is 0 Å². The van der Waals surface area contributed by atoms with Gasteiger partial charge in [0.15, 0.2) is 9.76 Å². The van der Waals surface area contributed by atoms with Crippen LogP contribution in [0.5, 0.6) is 0 Å². The summed E-state index contributed by atoms with van der Waals surface area (Å²) >= 11 is 0. The summed E-state index contributed by atoms with van der Waals surface area (Å²) in [5.74, 6) is 3.22. The smallest absolute Gasteiger partial charge is 0.161 e. The molecule has 0 spiro atoms. The highest BCUT2D eigenvalue weighted by atomic mass is 28.2. The van der Waals surface area contributed by atoms with E-state index in [0.717, 1.165) is 17.8 Å². The van der Waals surface area contributed by atoms with E-state index in [9.17, 15) is 0 Å². The molecule has 0 bridgehead atoms. The summed E-state index contributed by atoms with van der Waals surface area (Å²) in [4.78, 5) is 0. The molecule has 0 aromatic carbocycles. The number of hydrogen-bond acceptors (Lipinski definition) is 1. The largest absolute Gasteiger partial charge is 0.427 e. The third-order valence-corrected chi connectivity index (χ3v) is 5.98. The molecule has 1 nitrogen and oxygen atoms in total. The molecule has 0 radical (unpaired) electrons. The Balaban J connectivity index is 1.88. The molecule has 0 aliphatic heterocycles. The highest BCUT2D eigenvalue weighted by molar-refractivity contribution is 6.27. The minimum Gasteiger partial charge on any atom is -0.427 e. The summed E-state index contributed by atoms with van der Waals surface area (Å²) in [5, 5.41) is 0. The van der Waals surface area contributed by atoms with Crippen molar-refractivity contribution in [3.05, 3.63) is 0 Å². The molecule has 0 amide bonds. The molecular weight excluding hydrogens is 200 g/mol. The first-order chi connectivity index (χ1) is 7.42. The predicted molar refractivity (Wildman–Crippen MR) is 67.8 cm³/mol. The van der Waals surface area contributed by atoms with E-state index in [2.05, 4.69) is 0 Å². The maximum atomic E-state index is 5.43. The van der Waals surface area contributed by atoms with Crippen molar-refractivity contribution in [2.75, 3.05) is 7.11 Å². The van der Waals surface area contributed by atoms with Crippen LogP contribution in [0.2, 0.25) is 6.04 Å². The van der Waals surface area contributed by atoms with Gasteiger partial charge in [-0.1, -0.05) is 51.4 Å². The summed E-state index contributed by atoms with van der Waals surface area (Å²) in [5.41, 5.74) is 0. The molecule has 2 aliphatic rings. The van der Waals surface area contributed by atoms with E-state index in [-0.39, 0.29) is 9.76 Å². The van der Waals surface area contributed by atoms with Gasteiger partial charge in [0.25, 0.3) is 0 Å².